The summed E-state index contributed by atoms with van der Waals surface area (Å²) in [6.45, 7) is 0.615. The van der Waals surface area contributed by atoms with E-state index in [9.17, 15) is 8.42 Å². The zero-order valence-electron chi connectivity index (χ0n) is 10.3. The van der Waals surface area contributed by atoms with Crippen LogP contribution < -0.4 is 0 Å². The van der Waals surface area contributed by atoms with Gasteiger partial charge in [-0.25, -0.2) is 0 Å². The Morgan fingerprint density at radius 2 is 1.77 bits per heavy atom. The molecule has 0 radical (unpaired) electrons. The summed E-state index contributed by atoms with van der Waals surface area (Å²) >= 11 is 0. The number of rotatable bonds is 1. The molecule has 0 atom stereocenters. The lowest BCUT2D eigenvalue weighted by atomic mass is 10.1. The van der Waals surface area contributed by atoms with Gasteiger partial charge >= 0.3 is 0 Å². The number of hydrogen-bond donors (Lipinski definition) is 1. The maximum atomic E-state index is 11.1. The molecule has 0 heterocycles. The maximum Gasteiger partial charge on any atom is 0.295 e. The minimum absolute atomic E-state index is 0.0647. The Hall–Kier alpha value is -0.870. The van der Waals surface area contributed by atoms with E-state index in [-0.39, 0.29) is 21.6 Å². The van der Waals surface area contributed by atoms with Crippen molar-refractivity contribution in [3.63, 3.8) is 0 Å². The largest absolute Gasteiger partial charge is 0.295 e. The van der Waals surface area contributed by atoms with Gasteiger partial charge in [-0.15, -0.1) is 0 Å². The molecule has 1 rings (SSSR count). The highest BCUT2D eigenvalue weighted by Gasteiger charge is 2.15. The molecule has 0 aliphatic rings. The Morgan fingerprint density at radius 3 is 2.08 bits per heavy atom. The fourth-order valence-corrected chi connectivity index (χ4v) is 2.29. The lowest BCUT2D eigenvalue weighted by Crippen LogP contribution is -2.04. The summed E-state index contributed by atoms with van der Waals surface area (Å²) in [5, 5.41) is 0. The molecule has 0 unspecified atom stereocenters. The lowest BCUT2D eigenvalue weighted by Gasteiger charge is -2.07. The van der Waals surface area contributed by atoms with E-state index in [1.807, 2.05) is 0 Å². The average Bonchev–Trinajstić information content (AvgIpc) is 1.97. The molecule has 0 aliphatic heterocycles. The molecule has 0 spiro atoms. The van der Waals surface area contributed by atoms with Gasteiger partial charge in [-0.2, -0.15) is 8.42 Å². The predicted octanol–water partition coefficient (Wildman–Crippen LogP) is 1.86. The first-order valence-corrected chi connectivity index (χ1v) is 5.06. The minimum atomic E-state index is -4.31. The molecule has 0 fully saturated rings. The first kappa shape index (κ1) is 6.56. The normalized spacial score (nSPS) is 16.1. The second-order valence-corrected chi connectivity index (χ2v) is 4.27. The van der Waals surface area contributed by atoms with Crippen LogP contribution in [0, 0.1) is 20.7 Å². The third kappa shape index (κ3) is 2.08. The van der Waals surface area contributed by atoms with Gasteiger partial charge < -0.3 is 0 Å². The molecule has 0 aromatic heterocycles. The minimum Gasteiger partial charge on any atom is -0.282 e. The quantitative estimate of drug-likeness (QED) is 0.709. The van der Waals surface area contributed by atoms with Crippen LogP contribution in [0.25, 0.3) is 0 Å². The molecular formula is C9H12O3S. The van der Waals surface area contributed by atoms with Gasteiger partial charge in [0.2, 0.25) is 0 Å². The van der Waals surface area contributed by atoms with Crippen molar-refractivity contribution in [2.45, 2.75) is 25.6 Å². The van der Waals surface area contributed by atoms with E-state index in [0.717, 1.165) is 0 Å². The van der Waals surface area contributed by atoms with Crippen LogP contribution in [0.1, 0.15) is 20.8 Å². The second kappa shape index (κ2) is 3.12. The summed E-state index contributed by atoms with van der Waals surface area (Å²) in [6, 6.07) is 2.51. The third-order valence-electron chi connectivity index (χ3n) is 1.72. The smallest absolute Gasteiger partial charge is 0.282 e. The summed E-state index contributed by atoms with van der Waals surface area (Å²) in [5.41, 5.74) is 0.525. The lowest BCUT2D eigenvalue weighted by molar-refractivity contribution is 0.482. The third-order valence-corrected chi connectivity index (χ3v) is 2.88. The average molecular weight is 203 g/mol. The van der Waals surface area contributed by atoms with Gasteiger partial charge in [0.05, 0.1) is 4.90 Å². The Bertz CT molecular complexity index is 494. The molecule has 0 amide bonds. The molecule has 0 bridgehead atoms. The highest BCUT2D eigenvalue weighted by Crippen LogP contribution is 2.20. The summed E-state index contributed by atoms with van der Waals surface area (Å²) in [4.78, 5) is -0.222. The van der Waals surface area contributed by atoms with Crippen molar-refractivity contribution in [2.24, 2.45) is 0 Å². The van der Waals surface area contributed by atoms with Crippen LogP contribution in [-0.2, 0) is 10.1 Å². The molecule has 3 nitrogen and oxygen atoms in total. The predicted molar refractivity (Wildman–Crippen MR) is 50.5 cm³/mol. The molecule has 13 heavy (non-hydrogen) atoms. The molecule has 0 saturated heterocycles. The summed E-state index contributed by atoms with van der Waals surface area (Å²) in [5.74, 6) is 0. The van der Waals surface area contributed by atoms with Crippen LogP contribution in [0.3, 0.4) is 0 Å². The van der Waals surface area contributed by atoms with E-state index in [4.69, 9.17) is 8.67 Å². The molecule has 0 aliphatic carbocycles. The molecule has 0 saturated carbocycles. The SMILES string of the molecule is [2H]C([2H])([2H])c1cc(C)c(S(=O)(=O)O)c(C)c1. The van der Waals surface area contributed by atoms with Crippen molar-refractivity contribution >= 4 is 10.1 Å². The molecule has 72 valence electrons. The highest BCUT2D eigenvalue weighted by atomic mass is 32.2. The fourth-order valence-electron chi connectivity index (χ4n) is 1.36. The number of benzene rings is 1. The Morgan fingerprint density at radius 1 is 1.31 bits per heavy atom. The zero-order valence-corrected chi connectivity index (χ0v) is 8.14. The number of aryl methyl sites for hydroxylation is 3. The van der Waals surface area contributed by atoms with Crippen LogP contribution in [0.4, 0.5) is 0 Å². The van der Waals surface area contributed by atoms with Crippen molar-refractivity contribution in [3.05, 3.63) is 28.8 Å². The Kier molecular flexibility index (Phi) is 1.58. The van der Waals surface area contributed by atoms with Crippen molar-refractivity contribution < 1.29 is 17.1 Å². The first-order chi connectivity index (χ1) is 7.03. The van der Waals surface area contributed by atoms with Crippen LogP contribution in [0.15, 0.2) is 17.0 Å². The second-order valence-electron chi connectivity index (χ2n) is 2.91. The van der Waals surface area contributed by atoms with E-state index in [2.05, 4.69) is 0 Å². The van der Waals surface area contributed by atoms with Crippen molar-refractivity contribution in [1.29, 1.82) is 0 Å². The highest BCUT2D eigenvalue weighted by molar-refractivity contribution is 7.86. The molecular weight excluding hydrogens is 188 g/mol. The van der Waals surface area contributed by atoms with Gasteiger partial charge in [0.25, 0.3) is 10.1 Å². The van der Waals surface area contributed by atoms with Gasteiger partial charge in [-0.1, -0.05) is 17.7 Å². The fraction of sp³-hybridized carbons (Fsp3) is 0.333. The van der Waals surface area contributed by atoms with E-state index >= 15 is 0 Å². The number of hydrogen-bond acceptors (Lipinski definition) is 2. The van der Waals surface area contributed by atoms with Crippen LogP contribution >= 0.6 is 0 Å². The Balaban J connectivity index is 3.53. The Labute approximate surface area is 82.4 Å². The molecule has 1 aromatic carbocycles. The van der Waals surface area contributed by atoms with Crippen molar-refractivity contribution in [1.82, 2.24) is 0 Å². The topological polar surface area (TPSA) is 54.4 Å². The van der Waals surface area contributed by atoms with Crippen LogP contribution in [0.2, 0.25) is 0 Å². The van der Waals surface area contributed by atoms with Gasteiger partial charge in [0.1, 0.15) is 0 Å². The van der Waals surface area contributed by atoms with Gasteiger partial charge in [-0.3, -0.25) is 4.55 Å². The van der Waals surface area contributed by atoms with Gasteiger partial charge in [-0.05, 0) is 31.8 Å². The summed E-state index contributed by atoms with van der Waals surface area (Å²) in [6.07, 6.45) is 0. The van der Waals surface area contributed by atoms with Crippen molar-refractivity contribution in [3.8, 4) is 0 Å². The van der Waals surface area contributed by atoms with Crippen molar-refractivity contribution in [2.75, 3.05) is 0 Å². The molecule has 4 heteroatoms. The summed E-state index contributed by atoms with van der Waals surface area (Å²) in [7, 11) is -4.31. The standard InChI is InChI=1S/C9H12O3S/c1-6-4-7(2)9(8(3)5-6)13(10,11)12/h4-5H,1-3H3,(H,10,11,12)/i1D3. The summed E-state index contributed by atoms with van der Waals surface area (Å²) < 4.78 is 52.7. The van der Waals surface area contributed by atoms with E-state index in [0.29, 0.717) is 0 Å². The van der Waals surface area contributed by atoms with E-state index in [1.165, 1.54) is 26.0 Å². The van der Waals surface area contributed by atoms with Crippen LogP contribution in [0.5, 0.6) is 0 Å². The maximum absolute atomic E-state index is 11.1. The first-order valence-electron chi connectivity index (χ1n) is 5.12. The van der Waals surface area contributed by atoms with Crippen LogP contribution in [-0.4, -0.2) is 13.0 Å². The molecule has 1 aromatic rings. The monoisotopic (exact) mass is 203 g/mol. The van der Waals surface area contributed by atoms with Gasteiger partial charge in [0, 0.05) is 4.11 Å². The van der Waals surface area contributed by atoms with Gasteiger partial charge in [0.15, 0.2) is 0 Å². The van der Waals surface area contributed by atoms with E-state index in [1.54, 1.807) is 0 Å². The zero-order chi connectivity index (χ0) is 12.7. The molecule has 1 N–H and O–H groups in total. The van der Waals surface area contributed by atoms with E-state index < -0.39 is 17.0 Å².